The molecule has 6 rings (SSSR count). The highest BCUT2D eigenvalue weighted by molar-refractivity contribution is 5.92. The van der Waals surface area contributed by atoms with Crippen LogP contribution in [-0.2, 0) is 5.41 Å². The Hall–Kier alpha value is -3.79. The van der Waals surface area contributed by atoms with E-state index in [1.54, 1.807) is 29.0 Å². The fourth-order valence-corrected chi connectivity index (χ4v) is 6.40. The topological polar surface area (TPSA) is 110 Å². The van der Waals surface area contributed by atoms with Crippen molar-refractivity contribution in [3.05, 3.63) is 59.5 Å². The van der Waals surface area contributed by atoms with E-state index >= 15 is 0 Å². The Morgan fingerprint density at radius 3 is 2.63 bits per heavy atom. The maximum Gasteiger partial charge on any atom is 0.321 e. The van der Waals surface area contributed by atoms with Gasteiger partial charge in [0.1, 0.15) is 11.6 Å². The quantitative estimate of drug-likeness (QED) is 0.414. The normalized spacial score (nSPS) is 20.3. The number of fused-ring (bicyclic) bond motifs is 4. The molecule has 4 N–H and O–H groups in total. The summed E-state index contributed by atoms with van der Waals surface area (Å²) < 4.78 is 19.0. The molecule has 1 atom stereocenters. The number of ether oxygens (including phenoxy) is 1. The fourth-order valence-electron chi connectivity index (χ4n) is 6.40. The van der Waals surface area contributed by atoms with Crippen LogP contribution in [-0.4, -0.2) is 71.3 Å². The molecule has 1 saturated heterocycles. The van der Waals surface area contributed by atoms with Crippen molar-refractivity contribution in [1.29, 1.82) is 0 Å². The van der Waals surface area contributed by atoms with Gasteiger partial charge in [-0.2, -0.15) is 0 Å². The van der Waals surface area contributed by atoms with Gasteiger partial charge in [0.25, 0.3) is 0 Å². The summed E-state index contributed by atoms with van der Waals surface area (Å²) in [7, 11) is 1.61. The van der Waals surface area contributed by atoms with E-state index in [9.17, 15) is 19.1 Å². The van der Waals surface area contributed by atoms with Crippen LogP contribution in [0.25, 0.3) is 10.9 Å². The predicted molar refractivity (Wildman–Crippen MR) is 141 cm³/mol. The van der Waals surface area contributed by atoms with Gasteiger partial charge in [-0.3, -0.25) is 0 Å². The number of anilines is 1. The average molecular weight is 522 g/mol. The number of carbonyl (C=O) groups is 2. The lowest BCUT2D eigenvalue weighted by molar-refractivity contribution is 0.0338. The monoisotopic (exact) mass is 521 g/mol. The number of nitrogens with one attached hydrogen (secondary N) is 3. The molecule has 1 spiro atoms. The number of halogens is 1. The van der Waals surface area contributed by atoms with Gasteiger partial charge >= 0.3 is 12.1 Å². The number of hydrogen-bond donors (Lipinski definition) is 4. The molecule has 1 aromatic heterocycles. The molecule has 200 valence electrons. The van der Waals surface area contributed by atoms with Crippen molar-refractivity contribution in [3.63, 3.8) is 0 Å². The summed E-state index contributed by atoms with van der Waals surface area (Å²) in [6, 6.07) is 10.7. The summed E-state index contributed by atoms with van der Waals surface area (Å²) in [5.41, 5.74) is 2.54. The Bertz CT molecular complexity index is 1380. The summed E-state index contributed by atoms with van der Waals surface area (Å²) in [4.78, 5) is 33.4. The number of carbonyl (C=O) groups excluding carboxylic acids is 2. The lowest BCUT2D eigenvalue weighted by Crippen LogP contribution is -2.69. The van der Waals surface area contributed by atoms with Crippen molar-refractivity contribution in [2.75, 3.05) is 38.7 Å². The van der Waals surface area contributed by atoms with E-state index in [4.69, 9.17) is 4.74 Å². The van der Waals surface area contributed by atoms with Crippen LogP contribution in [0.5, 0.6) is 5.75 Å². The van der Waals surface area contributed by atoms with E-state index in [-0.39, 0.29) is 24.7 Å². The van der Waals surface area contributed by atoms with Gasteiger partial charge in [0.15, 0.2) is 0 Å². The molecular weight excluding hydrogens is 489 g/mol. The number of rotatable bonds is 4. The Morgan fingerprint density at radius 2 is 1.92 bits per heavy atom. The second-order valence-electron chi connectivity index (χ2n) is 10.7. The minimum Gasteiger partial charge on any atom is -0.497 e. The second kappa shape index (κ2) is 9.50. The van der Waals surface area contributed by atoms with Crippen LogP contribution in [0.15, 0.2) is 42.5 Å². The zero-order valence-corrected chi connectivity index (χ0v) is 21.3. The molecule has 2 fully saturated rings. The van der Waals surface area contributed by atoms with E-state index < -0.39 is 17.3 Å². The molecule has 0 unspecified atom stereocenters. The van der Waals surface area contributed by atoms with Gasteiger partial charge in [-0.05, 0) is 48.7 Å². The van der Waals surface area contributed by atoms with Crippen LogP contribution in [0.1, 0.15) is 43.0 Å². The second-order valence-corrected chi connectivity index (χ2v) is 10.7. The Balaban J connectivity index is 1.33. The maximum atomic E-state index is 13.6. The third-order valence-corrected chi connectivity index (χ3v) is 8.21. The van der Waals surface area contributed by atoms with E-state index in [0.29, 0.717) is 31.1 Å². The van der Waals surface area contributed by atoms with Crippen LogP contribution < -0.4 is 15.4 Å². The van der Waals surface area contributed by atoms with Gasteiger partial charge in [-0.1, -0.05) is 18.9 Å². The Kier molecular flexibility index (Phi) is 6.14. The van der Waals surface area contributed by atoms with Crippen LogP contribution in [0.4, 0.5) is 19.7 Å². The number of nitrogens with zero attached hydrogens (tertiary/aromatic N) is 2. The number of amides is 4. The highest BCUT2D eigenvalue weighted by Crippen LogP contribution is 2.48. The molecule has 9 nitrogen and oxygen atoms in total. The molecular formula is C28H32FN5O4. The molecule has 3 heterocycles. The number of H-pyrrole nitrogens is 1. The van der Waals surface area contributed by atoms with Crippen LogP contribution in [0, 0.1) is 5.82 Å². The first-order valence-electron chi connectivity index (χ1n) is 13.1. The fraction of sp³-hybridized carbons (Fsp3) is 0.429. The first-order valence-corrected chi connectivity index (χ1v) is 13.1. The number of aliphatic hydroxyl groups is 1. The van der Waals surface area contributed by atoms with Crippen molar-refractivity contribution < 1.29 is 23.8 Å². The van der Waals surface area contributed by atoms with Crippen molar-refractivity contribution in [1.82, 2.24) is 20.1 Å². The van der Waals surface area contributed by atoms with Crippen molar-refractivity contribution in [2.24, 2.45) is 0 Å². The zero-order valence-electron chi connectivity index (χ0n) is 21.3. The first kappa shape index (κ1) is 24.5. The maximum absolute atomic E-state index is 13.6. The number of hydrogen-bond acceptors (Lipinski definition) is 4. The van der Waals surface area contributed by atoms with Crippen LogP contribution in [0.2, 0.25) is 0 Å². The summed E-state index contributed by atoms with van der Waals surface area (Å²) >= 11 is 0. The van der Waals surface area contributed by atoms with Gasteiger partial charge in [-0.15, -0.1) is 0 Å². The van der Waals surface area contributed by atoms with E-state index in [1.165, 1.54) is 12.1 Å². The average Bonchev–Trinajstić information content (AvgIpc) is 3.53. The molecule has 38 heavy (non-hydrogen) atoms. The number of urea groups is 2. The molecule has 1 saturated carbocycles. The van der Waals surface area contributed by atoms with Gasteiger partial charge in [-0.25, -0.2) is 14.0 Å². The summed E-state index contributed by atoms with van der Waals surface area (Å²) in [5, 5.41) is 17.4. The van der Waals surface area contributed by atoms with Crippen molar-refractivity contribution in [2.45, 2.75) is 43.2 Å². The molecule has 0 radical (unpaired) electrons. The number of aliphatic hydroxyl groups excluding tert-OH is 1. The van der Waals surface area contributed by atoms with E-state index in [1.807, 2.05) is 18.2 Å². The van der Waals surface area contributed by atoms with Gasteiger partial charge in [0.05, 0.1) is 25.2 Å². The predicted octanol–water partition coefficient (Wildman–Crippen LogP) is 4.10. The standard InChI is InChI=1S/C28H32FN5O4/c1-38-20-9-10-21-22(12-20)32-25-23(13-35)34(27(37)30-18-6-2-3-7-18)16-28(24(21)25)14-33(15-28)26(36)31-19-8-4-5-17(29)11-19/h4-5,8-12,18,23,32,35H,2-3,6-7,13-16H2,1H3,(H,30,37)(H,31,36)/t23-/m0/s1. The Morgan fingerprint density at radius 1 is 1.13 bits per heavy atom. The lowest BCUT2D eigenvalue weighted by Gasteiger charge is -2.55. The molecule has 2 aliphatic heterocycles. The minimum atomic E-state index is -0.536. The highest BCUT2D eigenvalue weighted by atomic mass is 19.1. The van der Waals surface area contributed by atoms with Gasteiger partial charge < -0.3 is 35.3 Å². The smallest absolute Gasteiger partial charge is 0.321 e. The Labute approximate surface area is 219 Å². The minimum absolute atomic E-state index is 0.140. The van der Waals surface area contributed by atoms with Gasteiger partial charge in [0, 0.05) is 54.0 Å². The highest BCUT2D eigenvalue weighted by Gasteiger charge is 2.55. The molecule has 3 aliphatic rings. The number of methoxy groups -OCH3 is 1. The summed E-state index contributed by atoms with van der Waals surface area (Å²) in [6.45, 7) is 0.901. The van der Waals surface area contributed by atoms with Crippen LogP contribution in [0.3, 0.4) is 0 Å². The lowest BCUT2D eigenvalue weighted by atomic mass is 9.69. The largest absolute Gasteiger partial charge is 0.497 e. The number of aromatic nitrogens is 1. The number of aromatic amines is 1. The first-order chi connectivity index (χ1) is 18.4. The molecule has 0 bridgehead atoms. The summed E-state index contributed by atoms with van der Waals surface area (Å²) in [5.74, 6) is 0.277. The van der Waals surface area contributed by atoms with Crippen molar-refractivity contribution in [3.8, 4) is 5.75 Å². The zero-order chi connectivity index (χ0) is 26.4. The van der Waals surface area contributed by atoms with Crippen molar-refractivity contribution >= 4 is 28.7 Å². The number of benzene rings is 2. The number of likely N-dealkylation sites (tertiary alicyclic amines) is 1. The molecule has 10 heteroatoms. The summed E-state index contributed by atoms with van der Waals surface area (Å²) in [6.07, 6.45) is 4.11. The van der Waals surface area contributed by atoms with E-state index in [2.05, 4.69) is 15.6 Å². The molecule has 3 aromatic rings. The molecule has 1 aliphatic carbocycles. The third kappa shape index (κ3) is 4.13. The molecule has 4 amide bonds. The SMILES string of the molecule is COc1ccc2c3c([nH]c2c1)[C@H](CO)N(C(=O)NC1CCCC1)CC31CN(C(=O)Nc2cccc(F)c2)C1. The van der Waals surface area contributed by atoms with Crippen LogP contribution >= 0.6 is 0 Å². The van der Waals surface area contributed by atoms with Gasteiger partial charge in [0.2, 0.25) is 0 Å². The van der Waals surface area contributed by atoms with E-state index in [0.717, 1.165) is 47.8 Å². The third-order valence-electron chi connectivity index (χ3n) is 8.21. The molecule has 2 aromatic carbocycles.